The molecule has 8 heteroatoms. The van der Waals surface area contributed by atoms with Gasteiger partial charge in [-0.2, -0.15) is 0 Å². The van der Waals surface area contributed by atoms with E-state index >= 15 is 0 Å². The Labute approximate surface area is 187 Å². The maximum Gasteiger partial charge on any atom is 0.320 e. The first kappa shape index (κ1) is 23.0. The van der Waals surface area contributed by atoms with Crippen LogP contribution in [0.15, 0.2) is 12.2 Å². The van der Waals surface area contributed by atoms with E-state index in [9.17, 15) is 24.3 Å². The molecule has 3 saturated carbocycles. The lowest BCUT2D eigenvalue weighted by molar-refractivity contribution is -0.253. The highest BCUT2D eigenvalue weighted by molar-refractivity contribution is 6.15. The summed E-state index contributed by atoms with van der Waals surface area (Å²) in [5.74, 6) is -2.73. The molecule has 2 spiro atoms. The first-order valence-electron chi connectivity index (χ1n) is 11.3. The average Bonchev–Trinajstić information content (AvgIpc) is 2.93. The van der Waals surface area contributed by atoms with E-state index in [1.807, 2.05) is 6.92 Å². The number of aliphatic hydroxyl groups excluding tert-OH is 1. The van der Waals surface area contributed by atoms with Gasteiger partial charge in [-0.05, 0) is 49.5 Å². The number of esters is 3. The molecule has 32 heavy (non-hydrogen) atoms. The molecule has 0 unspecified atom stereocenters. The number of aliphatic hydroxyl groups is 1. The van der Waals surface area contributed by atoms with Crippen LogP contribution in [0.1, 0.15) is 52.9 Å². The van der Waals surface area contributed by atoms with Crippen molar-refractivity contribution in [1.82, 2.24) is 0 Å². The quantitative estimate of drug-likeness (QED) is 0.300. The summed E-state index contributed by atoms with van der Waals surface area (Å²) in [6.07, 6.45) is 2.00. The molecule has 1 saturated heterocycles. The molecule has 0 radical (unpaired) electrons. The van der Waals surface area contributed by atoms with Crippen molar-refractivity contribution in [2.75, 3.05) is 19.8 Å². The third-order valence-corrected chi connectivity index (χ3v) is 8.79. The number of ketones is 1. The lowest BCUT2D eigenvalue weighted by Crippen LogP contribution is -2.69. The molecule has 4 rings (SSSR count). The molecule has 4 aliphatic rings. The summed E-state index contributed by atoms with van der Waals surface area (Å²) in [4.78, 5) is 50.2. The summed E-state index contributed by atoms with van der Waals surface area (Å²) in [7, 11) is 0. The van der Waals surface area contributed by atoms with E-state index in [2.05, 4.69) is 6.58 Å². The third-order valence-electron chi connectivity index (χ3n) is 8.79. The fourth-order valence-corrected chi connectivity index (χ4v) is 7.37. The summed E-state index contributed by atoms with van der Waals surface area (Å²) in [6.45, 7) is 8.32. The number of ether oxygens (including phenoxy) is 3. The molecule has 0 amide bonds. The van der Waals surface area contributed by atoms with E-state index in [4.69, 9.17) is 14.2 Å². The lowest BCUT2D eigenvalue weighted by atomic mass is 9.43. The predicted octanol–water partition coefficient (Wildman–Crippen LogP) is 1.97. The minimum Gasteiger partial charge on any atom is -0.465 e. The normalized spacial score (nSPS) is 42.9. The van der Waals surface area contributed by atoms with Crippen molar-refractivity contribution >= 4 is 23.7 Å². The number of Topliss-reactive ketones (excluding diaryl/α,β-unsaturated/α-hetero) is 1. The average molecular weight is 449 g/mol. The summed E-state index contributed by atoms with van der Waals surface area (Å²) >= 11 is 0. The van der Waals surface area contributed by atoms with Crippen LogP contribution in [0.5, 0.6) is 0 Å². The zero-order chi connectivity index (χ0) is 23.5. The Morgan fingerprint density at radius 1 is 1.19 bits per heavy atom. The van der Waals surface area contributed by atoms with E-state index < -0.39 is 52.1 Å². The van der Waals surface area contributed by atoms with E-state index in [1.165, 1.54) is 13.8 Å². The molecular weight excluding hydrogens is 416 g/mol. The second kappa shape index (κ2) is 7.68. The number of hydrogen-bond acceptors (Lipinski definition) is 8. The van der Waals surface area contributed by atoms with Crippen LogP contribution in [-0.2, 0) is 33.4 Å². The van der Waals surface area contributed by atoms with Crippen LogP contribution in [0.25, 0.3) is 0 Å². The molecule has 1 aliphatic heterocycles. The molecule has 176 valence electrons. The van der Waals surface area contributed by atoms with E-state index in [0.717, 1.165) is 0 Å². The van der Waals surface area contributed by atoms with Gasteiger partial charge in [0.2, 0.25) is 0 Å². The van der Waals surface area contributed by atoms with Gasteiger partial charge in [-0.1, -0.05) is 13.5 Å². The Balaban J connectivity index is 1.86. The standard InChI is InChI=1S/C24H32O8/c1-13-16-5-6-17-23(9-16,20(13)28)21(29)31-12-24(17)18(10-25)22(4,11-30-14(2)26)8-7-19(24)32-15(3)27/h16-19,25H,1,5-12H2,2-4H3/t16-,17-,18-,19+,22+,23+,24+/m1/s1. The summed E-state index contributed by atoms with van der Waals surface area (Å²) in [5.41, 5.74) is -2.50. The van der Waals surface area contributed by atoms with Crippen LogP contribution in [0, 0.1) is 34.0 Å². The van der Waals surface area contributed by atoms with Gasteiger partial charge in [-0.25, -0.2) is 0 Å². The van der Waals surface area contributed by atoms with Crippen molar-refractivity contribution in [3.8, 4) is 0 Å². The van der Waals surface area contributed by atoms with Gasteiger partial charge >= 0.3 is 17.9 Å². The fraction of sp³-hybridized carbons (Fsp3) is 0.750. The third kappa shape index (κ3) is 2.98. The number of rotatable bonds is 4. The maximum absolute atomic E-state index is 13.4. The van der Waals surface area contributed by atoms with Gasteiger partial charge in [-0.3, -0.25) is 19.2 Å². The zero-order valence-corrected chi connectivity index (χ0v) is 19.0. The number of hydrogen-bond donors (Lipinski definition) is 1. The number of carbonyl (C=O) groups is 4. The van der Waals surface area contributed by atoms with Gasteiger partial charge in [0.25, 0.3) is 0 Å². The summed E-state index contributed by atoms with van der Waals surface area (Å²) in [6, 6.07) is 0. The number of fused-ring (bicyclic) bond motifs is 2. The first-order chi connectivity index (χ1) is 15.0. The van der Waals surface area contributed by atoms with Gasteiger partial charge in [-0.15, -0.1) is 0 Å². The maximum atomic E-state index is 13.4. The second-order valence-electron chi connectivity index (χ2n) is 10.4. The van der Waals surface area contributed by atoms with Crippen LogP contribution in [-0.4, -0.2) is 54.7 Å². The second-order valence-corrected chi connectivity index (χ2v) is 10.4. The molecule has 1 heterocycles. The van der Waals surface area contributed by atoms with Gasteiger partial charge in [0.05, 0.1) is 12.0 Å². The summed E-state index contributed by atoms with van der Waals surface area (Å²) in [5, 5.41) is 10.7. The van der Waals surface area contributed by atoms with Crippen molar-refractivity contribution < 1.29 is 38.5 Å². The highest BCUT2D eigenvalue weighted by atomic mass is 16.6. The molecular formula is C24H32O8. The van der Waals surface area contributed by atoms with Crippen LogP contribution < -0.4 is 0 Å². The molecule has 3 aliphatic carbocycles. The van der Waals surface area contributed by atoms with Crippen molar-refractivity contribution in [2.45, 2.75) is 59.0 Å². The zero-order valence-electron chi connectivity index (χ0n) is 19.0. The van der Waals surface area contributed by atoms with Crippen LogP contribution in [0.4, 0.5) is 0 Å². The smallest absolute Gasteiger partial charge is 0.320 e. The first-order valence-corrected chi connectivity index (χ1v) is 11.3. The molecule has 0 aromatic rings. The number of allylic oxidation sites excluding steroid dienone is 1. The largest absolute Gasteiger partial charge is 0.465 e. The predicted molar refractivity (Wildman–Crippen MR) is 111 cm³/mol. The van der Waals surface area contributed by atoms with Crippen LogP contribution in [0.3, 0.4) is 0 Å². The summed E-state index contributed by atoms with van der Waals surface area (Å²) < 4.78 is 16.9. The Morgan fingerprint density at radius 3 is 2.53 bits per heavy atom. The van der Waals surface area contributed by atoms with Crippen molar-refractivity contribution in [2.24, 2.45) is 34.0 Å². The Bertz CT molecular complexity index is 879. The molecule has 2 bridgehead atoms. The SMILES string of the molecule is C=C1C(=O)[C@]23C[C@H]1CC[C@H]2[C@]1(COC3=O)[C@@H](OC(C)=O)CC[C@@](C)(COC(C)=O)[C@H]1CO. The molecule has 0 aromatic heterocycles. The Morgan fingerprint density at radius 2 is 1.91 bits per heavy atom. The van der Waals surface area contributed by atoms with Gasteiger partial charge in [0, 0.05) is 31.8 Å². The van der Waals surface area contributed by atoms with Crippen molar-refractivity contribution in [3.05, 3.63) is 12.2 Å². The van der Waals surface area contributed by atoms with E-state index in [-0.39, 0.29) is 31.5 Å². The minimum absolute atomic E-state index is 0.0541. The van der Waals surface area contributed by atoms with Crippen molar-refractivity contribution in [1.29, 1.82) is 0 Å². The molecule has 0 aromatic carbocycles. The molecule has 8 nitrogen and oxygen atoms in total. The Kier molecular flexibility index (Phi) is 5.51. The fourth-order valence-electron chi connectivity index (χ4n) is 7.37. The monoisotopic (exact) mass is 448 g/mol. The van der Waals surface area contributed by atoms with E-state index in [0.29, 0.717) is 37.7 Å². The lowest BCUT2D eigenvalue weighted by Gasteiger charge is -2.63. The van der Waals surface area contributed by atoms with Gasteiger partial charge < -0.3 is 19.3 Å². The number of carbonyl (C=O) groups excluding carboxylic acids is 4. The molecule has 1 N–H and O–H groups in total. The van der Waals surface area contributed by atoms with Gasteiger partial charge in [0.15, 0.2) is 5.78 Å². The van der Waals surface area contributed by atoms with Crippen LogP contribution >= 0.6 is 0 Å². The molecule has 7 atom stereocenters. The van der Waals surface area contributed by atoms with Gasteiger partial charge in [0.1, 0.15) is 18.1 Å². The minimum atomic E-state index is -1.36. The highest BCUT2D eigenvalue weighted by Crippen LogP contribution is 2.68. The van der Waals surface area contributed by atoms with E-state index in [1.54, 1.807) is 0 Å². The van der Waals surface area contributed by atoms with Crippen molar-refractivity contribution in [3.63, 3.8) is 0 Å². The topological polar surface area (TPSA) is 116 Å². The Hall–Kier alpha value is -2.22. The highest BCUT2D eigenvalue weighted by Gasteiger charge is 2.74. The molecule has 4 fully saturated rings. The number of cyclic esters (lactones) is 1. The van der Waals surface area contributed by atoms with Crippen LogP contribution in [0.2, 0.25) is 0 Å².